The summed E-state index contributed by atoms with van der Waals surface area (Å²) in [5.41, 5.74) is 0. The zero-order valence-electron chi connectivity index (χ0n) is 10.9. The Balaban J connectivity index is 1.82. The molecule has 0 radical (unpaired) electrons. The van der Waals surface area contributed by atoms with Crippen LogP contribution in [0.15, 0.2) is 0 Å². The highest BCUT2D eigenvalue weighted by Gasteiger charge is 2.28. The van der Waals surface area contributed by atoms with Gasteiger partial charge in [-0.3, -0.25) is 0 Å². The van der Waals surface area contributed by atoms with E-state index in [2.05, 4.69) is 19.3 Å². The Kier molecular flexibility index (Phi) is 4.66. The molecule has 4 atom stereocenters. The van der Waals surface area contributed by atoms with Crippen molar-refractivity contribution in [3.63, 3.8) is 0 Å². The van der Waals surface area contributed by atoms with Crippen molar-refractivity contribution in [2.45, 2.75) is 76.5 Å². The highest BCUT2D eigenvalue weighted by molar-refractivity contribution is 4.82. The van der Waals surface area contributed by atoms with Gasteiger partial charge in [0, 0.05) is 6.04 Å². The van der Waals surface area contributed by atoms with Gasteiger partial charge < -0.3 is 10.1 Å². The van der Waals surface area contributed by atoms with E-state index in [-0.39, 0.29) is 0 Å². The summed E-state index contributed by atoms with van der Waals surface area (Å²) in [4.78, 5) is 0. The fourth-order valence-electron chi connectivity index (χ4n) is 3.34. The van der Waals surface area contributed by atoms with Crippen LogP contribution < -0.4 is 5.32 Å². The standard InChI is InChI=1S/C14H27NO/c1-11-6-5-7-12(10-11)16-14-9-4-3-8-13(14)15-2/h11-15H,3-10H2,1-2H3. The molecule has 2 aliphatic rings. The molecule has 0 heterocycles. The second kappa shape index (κ2) is 6.02. The molecular weight excluding hydrogens is 198 g/mol. The largest absolute Gasteiger partial charge is 0.373 e. The van der Waals surface area contributed by atoms with E-state index in [4.69, 9.17) is 4.74 Å². The van der Waals surface area contributed by atoms with E-state index in [0.29, 0.717) is 18.2 Å². The second-order valence-corrected chi connectivity index (χ2v) is 5.75. The van der Waals surface area contributed by atoms with Crippen LogP contribution in [-0.2, 0) is 4.74 Å². The van der Waals surface area contributed by atoms with E-state index in [0.717, 1.165) is 5.92 Å². The maximum absolute atomic E-state index is 6.34. The molecule has 2 fully saturated rings. The molecule has 4 unspecified atom stereocenters. The third kappa shape index (κ3) is 3.21. The predicted octanol–water partition coefficient (Wildman–Crippen LogP) is 3.11. The van der Waals surface area contributed by atoms with Crippen molar-refractivity contribution < 1.29 is 4.74 Å². The summed E-state index contributed by atoms with van der Waals surface area (Å²) in [6.07, 6.45) is 11.6. The molecule has 1 N–H and O–H groups in total. The Morgan fingerprint density at radius 2 is 1.81 bits per heavy atom. The molecule has 2 heteroatoms. The monoisotopic (exact) mass is 225 g/mol. The zero-order chi connectivity index (χ0) is 11.4. The summed E-state index contributed by atoms with van der Waals surface area (Å²) < 4.78 is 6.34. The zero-order valence-corrected chi connectivity index (χ0v) is 10.9. The molecule has 2 saturated carbocycles. The third-order valence-electron chi connectivity index (χ3n) is 4.33. The van der Waals surface area contributed by atoms with E-state index >= 15 is 0 Å². The summed E-state index contributed by atoms with van der Waals surface area (Å²) in [7, 11) is 2.08. The Bertz CT molecular complexity index is 207. The highest BCUT2D eigenvalue weighted by Crippen LogP contribution is 2.30. The van der Waals surface area contributed by atoms with Gasteiger partial charge in [-0.1, -0.05) is 32.6 Å². The van der Waals surface area contributed by atoms with Crippen LogP contribution in [0.1, 0.15) is 58.3 Å². The van der Waals surface area contributed by atoms with Gasteiger partial charge in [0.15, 0.2) is 0 Å². The van der Waals surface area contributed by atoms with Crippen LogP contribution in [0.5, 0.6) is 0 Å². The van der Waals surface area contributed by atoms with Gasteiger partial charge in [0.05, 0.1) is 12.2 Å². The van der Waals surface area contributed by atoms with Crippen LogP contribution in [0, 0.1) is 5.92 Å². The predicted molar refractivity (Wildman–Crippen MR) is 67.6 cm³/mol. The molecule has 0 amide bonds. The lowest BCUT2D eigenvalue weighted by Gasteiger charge is -2.36. The third-order valence-corrected chi connectivity index (χ3v) is 4.33. The van der Waals surface area contributed by atoms with Crippen molar-refractivity contribution >= 4 is 0 Å². The normalized spacial score (nSPS) is 40.9. The molecule has 0 aromatic rings. The van der Waals surface area contributed by atoms with Gasteiger partial charge in [-0.15, -0.1) is 0 Å². The van der Waals surface area contributed by atoms with Crippen molar-refractivity contribution in [2.75, 3.05) is 7.05 Å². The fourth-order valence-corrected chi connectivity index (χ4v) is 3.34. The van der Waals surface area contributed by atoms with Gasteiger partial charge in [0.2, 0.25) is 0 Å². The topological polar surface area (TPSA) is 21.3 Å². The first-order valence-corrected chi connectivity index (χ1v) is 7.12. The summed E-state index contributed by atoms with van der Waals surface area (Å²) in [5.74, 6) is 0.871. The summed E-state index contributed by atoms with van der Waals surface area (Å²) in [6.45, 7) is 2.37. The van der Waals surface area contributed by atoms with Crippen molar-refractivity contribution in [1.82, 2.24) is 5.32 Å². The maximum atomic E-state index is 6.34. The number of hydrogen-bond donors (Lipinski definition) is 1. The van der Waals surface area contributed by atoms with Gasteiger partial charge in [-0.2, -0.15) is 0 Å². The summed E-state index contributed by atoms with van der Waals surface area (Å²) in [5, 5.41) is 3.43. The lowest BCUT2D eigenvalue weighted by Crippen LogP contribution is -2.44. The van der Waals surface area contributed by atoms with Gasteiger partial charge >= 0.3 is 0 Å². The average molecular weight is 225 g/mol. The van der Waals surface area contributed by atoms with Crippen LogP contribution >= 0.6 is 0 Å². The van der Waals surface area contributed by atoms with E-state index in [1.165, 1.54) is 51.4 Å². The van der Waals surface area contributed by atoms with E-state index in [9.17, 15) is 0 Å². The summed E-state index contributed by atoms with van der Waals surface area (Å²) >= 11 is 0. The number of ether oxygens (including phenoxy) is 1. The van der Waals surface area contributed by atoms with Gasteiger partial charge in [0.25, 0.3) is 0 Å². The molecule has 2 rings (SSSR count). The average Bonchev–Trinajstić information content (AvgIpc) is 2.30. The molecular formula is C14H27NO. The first kappa shape index (κ1) is 12.4. The molecule has 2 aliphatic carbocycles. The van der Waals surface area contributed by atoms with E-state index < -0.39 is 0 Å². The van der Waals surface area contributed by atoms with Crippen molar-refractivity contribution in [3.05, 3.63) is 0 Å². The molecule has 0 spiro atoms. The van der Waals surface area contributed by atoms with Crippen molar-refractivity contribution in [3.8, 4) is 0 Å². The van der Waals surface area contributed by atoms with Gasteiger partial charge in [0.1, 0.15) is 0 Å². The molecule has 16 heavy (non-hydrogen) atoms. The molecule has 0 saturated heterocycles. The van der Waals surface area contributed by atoms with Crippen LogP contribution in [0.4, 0.5) is 0 Å². The number of rotatable bonds is 3. The van der Waals surface area contributed by atoms with Gasteiger partial charge in [-0.25, -0.2) is 0 Å². The Labute approximate surface area is 100 Å². The SMILES string of the molecule is CNC1CCCCC1OC1CCCC(C)C1. The lowest BCUT2D eigenvalue weighted by atomic mass is 9.87. The number of hydrogen-bond acceptors (Lipinski definition) is 2. The fraction of sp³-hybridized carbons (Fsp3) is 1.00. The minimum absolute atomic E-state index is 0.481. The molecule has 0 aromatic carbocycles. The number of nitrogens with one attached hydrogen (secondary N) is 1. The molecule has 0 bridgehead atoms. The minimum Gasteiger partial charge on any atom is -0.373 e. The Morgan fingerprint density at radius 3 is 2.56 bits per heavy atom. The quantitative estimate of drug-likeness (QED) is 0.797. The van der Waals surface area contributed by atoms with Crippen molar-refractivity contribution in [2.24, 2.45) is 5.92 Å². The van der Waals surface area contributed by atoms with Crippen LogP contribution in [0.25, 0.3) is 0 Å². The van der Waals surface area contributed by atoms with Gasteiger partial charge in [-0.05, 0) is 38.6 Å². The Morgan fingerprint density at radius 1 is 1.00 bits per heavy atom. The van der Waals surface area contributed by atoms with Crippen LogP contribution in [0.3, 0.4) is 0 Å². The Hall–Kier alpha value is -0.0800. The first-order chi connectivity index (χ1) is 7.79. The molecule has 94 valence electrons. The molecule has 0 aliphatic heterocycles. The molecule has 0 aromatic heterocycles. The minimum atomic E-state index is 0.481. The smallest absolute Gasteiger partial charge is 0.0731 e. The lowest BCUT2D eigenvalue weighted by molar-refractivity contribution is -0.0659. The first-order valence-electron chi connectivity index (χ1n) is 7.12. The second-order valence-electron chi connectivity index (χ2n) is 5.75. The highest BCUT2D eigenvalue weighted by atomic mass is 16.5. The van der Waals surface area contributed by atoms with E-state index in [1.54, 1.807) is 0 Å². The van der Waals surface area contributed by atoms with Crippen molar-refractivity contribution in [1.29, 1.82) is 0 Å². The van der Waals surface area contributed by atoms with E-state index in [1.807, 2.05) is 0 Å². The van der Waals surface area contributed by atoms with Crippen LogP contribution in [-0.4, -0.2) is 25.3 Å². The van der Waals surface area contributed by atoms with Crippen LogP contribution in [0.2, 0.25) is 0 Å². The maximum Gasteiger partial charge on any atom is 0.0731 e. The molecule has 2 nitrogen and oxygen atoms in total. The number of likely N-dealkylation sites (N-methyl/N-ethyl adjacent to an activating group) is 1. The summed E-state index contributed by atoms with van der Waals surface area (Å²) in [6, 6.07) is 0.603.